The van der Waals surface area contributed by atoms with E-state index in [1.807, 2.05) is 0 Å². The SMILES string of the molecule is C[C@H]1CCCC[C@@H]1NC(=O)C[NH+]1CCN(c2ccc([N+](=O)[O-])cc2)CC1. The Balaban J connectivity index is 1.44. The smallest absolute Gasteiger partial charge is 0.275 e. The minimum atomic E-state index is -0.377. The van der Waals surface area contributed by atoms with Gasteiger partial charge in [0.05, 0.1) is 31.1 Å². The van der Waals surface area contributed by atoms with Crippen molar-refractivity contribution in [3.63, 3.8) is 0 Å². The van der Waals surface area contributed by atoms with Crippen LogP contribution < -0.4 is 15.1 Å². The highest BCUT2D eigenvalue weighted by atomic mass is 16.6. The van der Waals surface area contributed by atoms with Crippen LogP contribution in [0.5, 0.6) is 0 Å². The Labute approximate surface area is 154 Å². The number of nitro benzene ring substituents is 1. The summed E-state index contributed by atoms with van der Waals surface area (Å²) in [5.74, 6) is 0.754. The molecule has 26 heavy (non-hydrogen) atoms. The quantitative estimate of drug-likeness (QED) is 0.606. The van der Waals surface area contributed by atoms with Crippen LogP contribution in [-0.4, -0.2) is 49.6 Å². The van der Waals surface area contributed by atoms with Crippen molar-refractivity contribution in [2.45, 2.75) is 38.6 Å². The van der Waals surface area contributed by atoms with Gasteiger partial charge in [0.1, 0.15) is 0 Å². The molecule has 0 radical (unpaired) electrons. The molecule has 2 aliphatic rings. The lowest BCUT2D eigenvalue weighted by molar-refractivity contribution is -0.892. The first kappa shape index (κ1) is 18.6. The highest BCUT2D eigenvalue weighted by molar-refractivity contribution is 5.77. The zero-order valence-corrected chi connectivity index (χ0v) is 15.4. The molecule has 7 heteroatoms. The topological polar surface area (TPSA) is 79.9 Å². The number of hydrogen-bond acceptors (Lipinski definition) is 4. The molecular weight excluding hydrogens is 332 g/mol. The molecule has 0 unspecified atom stereocenters. The fourth-order valence-electron chi connectivity index (χ4n) is 4.06. The van der Waals surface area contributed by atoms with Gasteiger partial charge in [0.15, 0.2) is 6.54 Å². The number of benzene rings is 1. The molecule has 3 rings (SSSR count). The van der Waals surface area contributed by atoms with Crippen molar-refractivity contribution in [1.29, 1.82) is 0 Å². The fourth-order valence-corrected chi connectivity index (χ4v) is 4.06. The van der Waals surface area contributed by atoms with Crippen LogP contribution >= 0.6 is 0 Å². The normalized spacial score (nSPS) is 24.3. The number of amides is 1. The maximum atomic E-state index is 12.4. The highest BCUT2D eigenvalue weighted by Gasteiger charge is 2.26. The summed E-state index contributed by atoms with van der Waals surface area (Å²) in [6.45, 7) is 6.31. The van der Waals surface area contributed by atoms with Gasteiger partial charge in [-0.15, -0.1) is 0 Å². The minimum Gasteiger partial charge on any atom is -0.360 e. The summed E-state index contributed by atoms with van der Waals surface area (Å²) in [4.78, 5) is 26.3. The summed E-state index contributed by atoms with van der Waals surface area (Å²) in [5, 5.41) is 14.0. The van der Waals surface area contributed by atoms with Gasteiger partial charge >= 0.3 is 0 Å². The molecule has 1 saturated carbocycles. The lowest BCUT2D eigenvalue weighted by atomic mass is 9.86. The van der Waals surface area contributed by atoms with Gasteiger partial charge in [-0.1, -0.05) is 19.8 Å². The predicted octanol–water partition coefficient (Wildman–Crippen LogP) is 0.995. The summed E-state index contributed by atoms with van der Waals surface area (Å²) >= 11 is 0. The Morgan fingerprint density at radius 3 is 2.50 bits per heavy atom. The Bertz CT molecular complexity index is 626. The first-order valence-electron chi connectivity index (χ1n) is 9.65. The molecule has 0 spiro atoms. The Kier molecular flexibility index (Phi) is 6.08. The summed E-state index contributed by atoms with van der Waals surface area (Å²) < 4.78 is 0. The van der Waals surface area contributed by atoms with Crippen LogP contribution in [0.15, 0.2) is 24.3 Å². The molecule has 1 saturated heterocycles. The van der Waals surface area contributed by atoms with Gasteiger partial charge in [0.2, 0.25) is 0 Å². The zero-order valence-electron chi connectivity index (χ0n) is 15.4. The number of rotatable bonds is 5. The molecule has 1 heterocycles. The van der Waals surface area contributed by atoms with Crippen LogP contribution in [0.1, 0.15) is 32.6 Å². The van der Waals surface area contributed by atoms with Crippen LogP contribution in [0, 0.1) is 16.0 Å². The average molecular weight is 361 g/mol. The number of piperazine rings is 1. The van der Waals surface area contributed by atoms with Crippen molar-refractivity contribution < 1.29 is 14.6 Å². The number of carbonyl (C=O) groups is 1. The van der Waals surface area contributed by atoms with Gasteiger partial charge in [0, 0.05) is 23.9 Å². The van der Waals surface area contributed by atoms with Gasteiger partial charge in [-0.3, -0.25) is 14.9 Å². The molecule has 1 aromatic rings. The van der Waals surface area contributed by atoms with E-state index in [4.69, 9.17) is 0 Å². The molecule has 2 atom stereocenters. The second-order valence-electron chi connectivity index (χ2n) is 7.62. The molecule has 1 aromatic carbocycles. The van der Waals surface area contributed by atoms with Crippen molar-refractivity contribution in [2.24, 2.45) is 5.92 Å². The van der Waals surface area contributed by atoms with E-state index in [0.29, 0.717) is 18.5 Å². The minimum absolute atomic E-state index is 0.117. The second kappa shape index (κ2) is 8.49. The van der Waals surface area contributed by atoms with Crippen LogP contribution in [0.4, 0.5) is 11.4 Å². The molecular formula is C19H29N4O3+. The number of hydrogen-bond donors (Lipinski definition) is 2. The summed E-state index contributed by atoms with van der Waals surface area (Å²) in [5.41, 5.74) is 1.13. The monoisotopic (exact) mass is 361 g/mol. The molecule has 0 aromatic heterocycles. The van der Waals surface area contributed by atoms with Crippen molar-refractivity contribution in [2.75, 3.05) is 37.6 Å². The van der Waals surface area contributed by atoms with Crippen LogP contribution in [0.2, 0.25) is 0 Å². The number of nitro groups is 1. The largest absolute Gasteiger partial charge is 0.360 e. The van der Waals surface area contributed by atoms with Crippen molar-refractivity contribution >= 4 is 17.3 Å². The van der Waals surface area contributed by atoms with Gasteiger partial charge in [-0.2, -0.15) is 0 Å². The molecule has 2 fully saturated rings. The third kappa shape index (κ3) is 4.72. The van der Waals surface area contributed by atoms with E-state index < -0.39 is 0 Å². The average Bonchev–Trinajstić information content (AvgIpc) is 2.64. The van der Waals surface area contributed by atoms with Crippen molar-refractivity contribution in [3.8, 4) is 0 Å². The molecule has 1 aliphatic carbocycles. The predicted molar refractivity (Wildman–Crippen MR) is 100 cm³/mol. The fraction of sp³-hybridized carbons (Fsp3) is 0.632. The summed E-state index contributed by atoms with van der Waals surface area (Å²) in [7, 11) is 0. The van der Waals surface area contributed by atoms with E-state index in [9.17, 15) is 14.9 Å². The van der Waals surface area contributed by atoms with Gasteiger partial charge in [-0.25, -0.2) is 0 Å². The Hall–Kier alpha value is -2.15. The Morgan fingerprint density at radius 1 is 1.23 bits per heavy atom. The van der Waals surface area contributed by atoms with Gasteiger partial charge in [-0.05, 0) is 30.9 Å². The van der Waals surface area contributed by atoms with Crippen molar-refractivity contribution in [3.05, 3.63) is 34.4 Å². The van der Waals surface area contributed by atoms with Crippen LogP contribution in [0.25, 0.3) is 0 Å². The van der Waals surface area contributed by atoms with Gasteiger partial charge < -0.3 is 15.1 Å². The molecule has 142 valence electrons. The van der Waals surface area contributed by atoms with E-state index in [1.54, 1.807) is 24.3 Å². The lowest BCUT2D eigenvalue weighted by Gasteiger charge is -2.34. The van der Waals surface area contributed by atoms with Gasteiger partial charge in [0.25, 0.3) is 11.6 Å². The summed E-state index contributed by atoms with van der Waals surface area (Å²) in [6.07, 6.45) is 4.82. The first-order chi connectivity index (χ1) is 12.5. The van der Waals surface area contributed by atoms with E-state index in [2.05, 4.69) is 17.1 Å². The number of nitrogens with one attached hydrogen (secondary N) is 2. The van der Waals surface area contributed by atoms with E-state index in [1.165, 1.54) is 24.2 Å². The number of quaternary nitrogens is 1. The molecule has 7 nitrogen and oxygen atoms in total. The molecule has 2 N–H and O–H groups in total. The zero-order chi connectivity index (χ0) is 18.5. The van der Waals surface area contributed by atoms with E-state index in [0.717, 1.165) is 38.3 Å². The lowest BCUT2D eigenvalue weighted by Crippen LogP contribution is -3.16. The standard InChI is InChI=1S/C19H28N4O3/c1-15-4-2-3-5-18(15)20-19(24)14-21-10-12-22(13-11-21)16-6-8-17(9-7-16)23(25)26/h6-9,15,18H,2-5,10-14H2,1H3,(H,20,24)/p+1/t15-,18-/m0/s1. The van der Waals surface area contributed by atoms with E-state index >= 15 is 0 Å². The number of carbonyl (C=O) groups excluding carboxylic acids is 1. The second-order valence-corrected chi connectivity index (χ2v) is 7.62. The third-order valence-electron chi connectivity index (χ3n) is 5.76. The molecule has 1 aliphatic heterocycles. The third-order valence-corrected chi connectivity index (χ3v) is 5.76. The maximum absolute atomic E-state index is 12.4. The Morgan fingerprint density at radius 2 is 1.88 bits per heavy atom. The highest BCUT2D eigenvalue weighted by Crippen LogP contribution is 2.23. The molecule has 0 bridgehead atoms. The van der Waals surface area contributed by atoms with E-state index in [-0.39, 0.29) is 16.5 Å². The van der Waals surface area contributed by atoms with Crippen molar-refractivity contribution in [1.82, 2.24) is 5.32 Å². The first-order valence-corrected chi connectivity index (χ1v) is 9.65. The number of nitrogens with zero attached hydrogens (tertiary/aromatic N) is 2. The number of non-ortho nitro benzene ring substituents is 1. The number of anilines is 1. The maximum Gasteiger partial charge on any atom is 0.275 e. The molecule has 1 amide bonds. The van der Waals surface area contributed by atoms with Crippen LogP contribution in [0.3, 0.4) is 0 Å². The summed E-state index contributed by atoms with van der Waals surface area (Å²) in [6, 6.07) is 7.05. The van der Waals surface area contributed by atoms with Crippen LogP contribution in [-0.2, 0) is 4.79 Å².